The molecule has 0 aromatic heterocycles. The molecule has 126 valence electrons. The average molecular weight is 345 g/mol. The van der Waals surface area contributed by atoms with Crippen molar-refractivity contribution in [2.24, 2.45) is 0 Å². The number of hydrogen-bond acceptors (Lipinski definition) is 2. The van der Waals surface area contributed by atoms with E-state index >= 15 is 0 Å². The molecule has 2 rings (SSSR count). The maximum Gasteiger partial charge on any atom is 0.251 e. The number of carbonyl (C=O) groups excluding carboxylic acids is 2. The van der Waals surface area contributed by atoms with Crippen LogP contribution in [0.3, 0.4) is 0 Å². The standard InChI is InChI=1S/C19H21ClN2O2/c1-13-5-10-17(12-14(13)2)22-18(23)4-3-11-21-19(24)15-6-8-16(20)9-7-15/h5-10,12H,3-4,11H2,1-2H3,(H,21,24)(H,22,23). The van der Waals surface area contributed by atoms with Gasteiger partial charge in [0.2, 0.25) is 5.91 Å². The zero-order chi connectivity index (χ0) is 17.5. The molecule has 0 radical (unpaired) electrons. The first kappa shape index (κ1) is 18.0. The van der Waals surface area contributed by atoms with E-state index in [-0.39, 0.29) is 11.8 Å². The number of aryl methyl sites for hydroxylation is 2. The molecule has 0 aliphatic rings. The van der Waals surface area contributed by atoms with Crippen molar-refractivity contribution in [3.8, 4) is 0 Å². The molecule has 2 aromatic rings. The summed E-state index contributed by atoms with van der Waals surface area (Å²) in [6.45, 7) is 4.49. The molecule has 2 N–H and O–H groups in total. The van der Waals surface area contributed by atoms with E-state index in [0.717, 1.165) is 11.3 Å². The molecule has 2 aromatic carbocycles. The molecule has 0 fully saturated rings. The SMILES string of the molecule is Cc1ccc(NC(=O)CCCNC(=O)c2ccc(Cl)cc2)cc1C. The monoisotopic (exact) mass is 344 g/mol. The number of hydrogen-bond donors (Lipinski definition) is 2. The minimum atomic E-state index is -0.166. The van der Waals surface area contributed by atoms with Gasteiger partial charge in [-0.3, -0.25) is 9.59 Å². The molecule has 2 amide bonds. The van der Waals surface area contributed by atoms with Crippen LogP contribution >= 0.6 is 11.6 Å². The van der Waals surface area contributed by atoms with E-state index in [1.165, 1.54) is 5.56 Å². The van der Waals surface area contributed by atoms with Gasteiger partial charge in [0.05, 0.1) is 0 Å². The summed E-state index contributed by atoms with van der Waals surface area (Å²) in [6.07, 6.45) is 0.934. The maximum absolute atomic E-state index is 11.9. The van der Waals surface area contributed by atoms with Gasteiger partial charge in [-0.25, -0.2) is 0 Å². The molecule has 24 heavy (non-hydrogen) atoms. The smallest absolute Gasteiger partial charge is 0.251 e. The lowest BCUT2D eigenvalue weighted by Gasteiger charge is -2.08. The van der Waals surface area contributed by atoms with Crippen molar-refractivity contribution in [3.63, 3.8) is 0 Å². The Morgan fingerprint density at radius 2 is 1.71 bits per heavy atom. The fraction of sp³-hybridized carbons (Fsp3) is 0.263. The van der Waals surface area contributed by atoms with Crippen LogP contribution in [0.25, 0.3) is 0 Å². The lowest BCUT2D eigenvalue weighted by Crippen LogP contribution is -2.25. The molecule has 0 heterocycles. The van der Waals surface area contributed by atoms with E-state index in [2.05, 4.69) is 10.6 Å². The Balaban J connectivity index is 1.71. The van der Waals surface area contributed by atoms with E-state index in [1.54, 1.807) is 24.3 Å². The van der Waals surface area contributed by atoms with Gasteiger partial charge in [0.15, 0.2) is 0 Å². The summed E-state index contributed by atoms with van der Waals surface area (Å²) in [6, 6.07) is 12.5. The fourth-order valence-corrected chi connectivity index (χ4v) is 2.32. The van der Waals surface area contributed by atoms with Gasteiger partial charge in [0.1, 0.15) is 0 Å². The molecular weight excluding hydrogens is 324 g/mol. The molecule has 0 spiro atoms. The van der Waals surface area contributed by atoms with Crippen LogP contribution in [0.4, 0.5) is 5.69 Å². The van der Waals surface area contributed by atoms with Gasteiger partial charge in [-0.1, -0.05) is 17.7 Å². The normalized spacial score (nSPS) is 10.3. The topological polar surface area (TPSA) is 58.2 Å². The molecule has 0 aliphatic carbocycles. The average Bonchev–Trinajstić information content (AvgIpc) is 2.55. The first-order chi connectivity index (χ1) is 11.5. The minimum Gasteiger partial charge on any atom is -0.352 e. The van der Waals surface area contributed by atoms with Crippen LogP contribution in [0.1, 0.15) is 34.3 Å². The van der Waals surface area contributed by atoms with Crippen LogP contribution in [0.15, 0.2) is 42.5 Å². The quantitative estimate of drug-likeness (QED) is 0.775. The summed E-state index contributed by atoms with van der Waals surface area (Å²) in [7, 11) is 0. The zero-order valence-corrected chi connectivity index (χ0v) is 14.6. The van der Waals surface area contributed by atoms with Crippen molar-refractivity contribution < 1.29 is 9.59 Å². The Bertz CT molecular complexity index is 727. The van der Waals surface area contributed by atoms with Gasteiger partial charge >= 0.3 is 0 Å². The first-order valence-corrected chi connectivity index (χ1v) is 8.24. The summed E-state index contributed by atoms with van der Waals surface area (Å²) in [5.41, 5.74) is 3.69. The number of anilines is 1. The largest absolute Gasteiger partial charge is 0.352 e. The van der Waals surface area contributed by atoms with Crippen molar-refractivity contribution in [1.29, 1.82) is 0 Å². The third-order valence-corrected chi connectivity index (χ3v) is 4.02. The summed E-state index contributed by atoms with van der Waals surface area (Å²) < 4.78 is 0. The van der Waals surface area contributed by atoms with Crippen molar-refractivity contribution in [1.82, 2.24) is 5.32 Å². The Hall–Kier alpha value is -2.33. The second kappa shape index (κ2) is 8.50. The Kier molecular flexibility index (Phi) is 6.38. The van der Waals surface area contributed by atoms with Crippen molar-refractivity contribution in [3.05, 3.63) is 64.2 Å². The molecule has 0 saturated heterocycles. The number of nitrogens with one attached hydrogen (secondary N) is 2. The zero-order valence-electron chi connectivity index (χ0n) is 13.9. The van der Waals surface area contributed by atoms with Crippen LogP contribution in [-0.2, 0) is 4.79 Å². The maximum atomic E-state index is 11.9. The fourth-order valence-electron chi connectivity index (χ4n) is 2.20. The number of benzene rings is 2. The summed E-state index contributed by atoms with van der Waals surface area (Å²) in [5.74, 6) is -0.222. The molecule has 0 atom stereocenters. The highest BCUT2D eigenvalue weighted by Gasteiger charge is 2.06. The van der Waals surface area contributed by atoms with E-state index < -0.39 is 0 Å². The highest BCUT2D eigenvalue weighted by molar-refractivity contribution is 6.30. The summed E-state index contributed by atoms with van der Waals surface area (Å²) in [5, 5.41) is 6.25. The Morgan fingerprint density at radius 3 is 2.38 bits per heavy atom. The van der Waals surface area contributed by atoms with E-state index in [0.29, 0.717) is 30.0 Å². The van der Waals surface area contributed by atoms with E-state index in [1.807, 2.05) is 32.0 Å². The first-order valence-electron chi connectivity index (χ1n) is 7.86. The highest BCUT2D eigenvalue weighted by atomic mass is 35.5. The molecule has 5 heteroatoms. The molecule has 0 saturated carbocycles. The second-order valence-corrected chi connectivity index (χ2v) is 6.15. The Morgan fingerprint density at radius 1 is 1.00 bits per heavy atom. The van der Waals surface area contributed by atoms with Crippen LogP contribution in [0, 0.1) is 13.8 Å². The van der Waals surface area contributed by atoms with Crippen LogP contribution in [0.2, 0.25) is 5.02 Å². The van der Waals surface area contributed by atoms with Crippen molar-refractivity contribution >= 4 is 29.1 Å². The second-order valence-electron chi connectivity index (χ2n) is 5.71. The van der Waals surface area contributed by atoms with Crippen LogP contribution in [0.5, 0.6) is 0 Å². The van der Waals surface area contributed by atoms with Gasteiger partial charge < -0.3 is 10.6 Å². The van der Waals surface area contributed by atoms with Crippen molar-refractivity contribution in [2.45, 2.75) is 26.7 Å². The third kappa shape index (κ3) is 5.39. The van der Waals surface area contributed by atoms with Gasteiger partial charge in [-0.2, -0.15) is 0 Å². The van der Waals surface area contributed by atoms with Gasteiger partial charge in [0, 0.05) is 29.2 Å². The molecule has 0 bridgehead atoms. The summed E-state index contributed by atoms with van der Waals surface area (Å²) >= 11 is 5.79. The number of halogens is 1. The summed E-state index contributed by atoms with van der Waals surface area (Å²) in [4.78, 5) is 23.8. The predicted octanol–water partition coefficient (Wildman–Crippen LogP) is 4.11. The van der Waals surface area contributed by atoms with Gasteiger partial charge in [-0.05, 0) is 67.8 Å². The lowest BCUT2D eigenvalue weighted by atomic mass is 10.1. The molecular formula is C19H21ClN2O2. The lowest BCUT2D eigenvalue weighted by molar-refractivity contribution is -0.116. The molecule has 0 unspecified atom stereocenters. The van der Waals surface area contributed by atoms with Crippen molar-refractivity contribution in [2.75, 3.05) is 11.9 Å². The van der Waals surface area contributed by atoms with E-state index in [9.17, 15) is 9.59 Å². The predicted molar refractivity (Wildman–Crippen MR) is 97.6 cm³/mol. The van der Waals surface area contributed by atoms with Gasteiger partial charge in [0.25, 0.3) is 5.91 Å². The van der Waals surface area contributed by atoms with Crippen LogP contribution < -0.4 is 10.6 Å². The van der Waals surface area contributed by atoms with Gasteiger partial charge in [-0.15, -0.1) is 0 Å². The highest BCUT2D eigenvalue weighted by Crippen LogP contribution is 2.14. The Labute approximate surface area is 147 Å². The number of amides is 2. The molecule has 4 nitrogen and oxygen atoms in total. The minimum absolute atomic E-state index is 0.0565. The third-order valence-electron chi connectivity index (χ3n) is 3.76. The number of rotatable bonds is 6. The molecule has 0 aliphatic heterocycles. The van der Waals surface area contributed by atoms with Crippen LogP contribution in [-0.4, -0.2) is 18.4 Å². The number of carbonyl (C=O) groups is 2. The van der Waals surface area contributed by atoms with E-state index in [4.69, 9.17) is 11.6 Å².